The average Bonchev–Trinajstić information content (AvgIpc) is 2.85. The molecule has 0 saturated carbocycles. The van der Waals surface area contributed by atoms with Crippen molar-refractivity contribution in [2.45, 2.75) is 13.0 Å². The van der Waals surface area contributed by atoms with Gasteiger partial charge in [-0.2, -0.15) is 0 Å². The average molecular weight is 272 g/mol. The lowest BCUT2D eigenvalue weighted by Gasteiger charge is -2.13. The first-order valence-corrected chi connectivity index (χ1v) is 6.41. The summed E-state index contributed by atoms with van der Waals surface area (Å²) < 4.78 is 5.05. The molecule has 0 aromatic carbocycles. The maximum atomic E-state index is 11.5. The van der Waals surface area contributed by atoms with Gasteiger partial charge in [0.05, 0.1) is 6.61 Å². The van der Waals surface area contributed by atoms with Gasteiger partial charge in [-0.05, 0) is 18.4 Å². The molecule has 0 saturated heterocycles. The van der Waals surface area contributed by atoms with Gasteiger partial charge in [-0.3, -0.25) is 0 Å². The highest BCUT2D eigenvalue weighted by molar-refractivity contribution is 7.10. The zero-order valence-corrected chi connectivity index (χ0v) is 10.8. The van der Waals surface area contributed by atoms with E-state index in [-0.39, 0.29) is 0 Å². The van der Waals surface area contributed by atoms with Crippen LogP contribution in [0.2, 0.25) is 0 Å². The molecule has 0 bridgehead atoms. The van der Waals surface area contributed by atoms with Crippen molar-refractivity contribution in [1.82, 2.24) is 10.6 Å². The number of hydrogen-bond donors (Lipinski definition) is 3. The molecular formula is C11H16N2O4S. The van der Waals surface area contributed by atoms with Crippen LogP contribution in [-0.4, -0.2) is 36.9 Å². The molecule has 3 N–H and O–H groups in total. The summed E-state index contributed by atoms with van der Waals surface area (Å²) in [7, 11) is 0. The van der Waals surface area contributed by atoms with E-state index in [1.54, 1.807) is 17.5 Å². The maximum absolute atomic E-state index is 11.5. The van der Waals surface area contributed by atoms with E-state index in [0.29, 0.717) is 24.6 Å². The van der Waals surface area contributed by atoms with Crippen molar-refractivity contribution in [3.63, 3.8) is 0 Å². The van der Waals surface area contributed by atoms with E-state index in [4.69, 9.17) is 9.84 Å². The fraction of sp³-hybridized carbons (Fsp3) is 0.455. The van der Waals surface area contributed by atoms with Crippen molar-refractivity contribution >= 4 is 23.3 Å². The molecule has 1 unspecified atom stereocenters. The van der Waals surface area contributed by atoms with Crippen molar-refractivity contribution in [1.29, 1.82) is 0 Å². The molecule has 0 aliphatic rings. The first kappa shape index (κ1) is 14.5. The minimum absolute atomic E-state index is 0.344. The Kier molecular flexibility index (Phi) is 6.16. The number of nitrogens with one attached hydrogen (secondary N) is 2. The molecule has 18 heavy (non-hydrogen) atoms. The minimum Gasteiger partial charge on any atom is -0.479 e. The quantitative estimate of drug-likeness (QED) is 0.651. The maximum Gasteiger partial charge on any atom is 0.331 e. The number of carboxylic acids is 1. The second-order valence-electron chi connectivity index (χ2n) is 3.38. The molecule has 1 rings (SSSR count). The van der Waals surface area contributed by atoms with Crippen LogP contribution < -0.4 is 10.6 Å². The molecule has 0 radical (unpaired) electrons. The van der Waals surface area contributed by atoms with E-state index in [0.717, 1.165) is 0 Å². The lowest BCUT2D eigenvalue weighted by atomic mass is 10.2. The third-order valence-corrected chi connectivity index (χ3v) is 3.02. The highest BCUT2D eigenvalue weighted by atomic mass is 32.1. The predicted molar refractivity (Wildman–Crippen MR) is 67.7 cm³/mol. The number of carboxylic acid groups (broad SMARTS) is 1. The van der Waals surface area contributed by atoms with Gasteiger partial charge < -0.3 is 20.5 Å². The molecule has 0 fully saturated rings. The normalized spacial score (nSPS) is 11.8. The molecule has 0 aliphatic carbocycles. The van der Waals surface area contributed by atoms with Gasteiger partial charge in [0.2, 0.25) is 0 Å². The Bertz CT molecular complexity index is 380. The lowest BCUT2D eigenvalue weighted by Crippen LogP contribution is -2.41. The molecule has 6 nitrogen and oxygen atoms in total. The lowest BCUT2D eigenvalue weighted by molar-refractivity contribution is -0.139. The molecule has 100 valence electrons. The van der Waals surface area contributed by atoms with Crippen LogP contribution in [0.1, 0.15) is 17.8 Å². The zero-order chi connectivity index (χ0) is 13.4. The third kappa shape index (κ3) is 4.72. The fourth-order valence-corrected chi connectivity index (χ4v) is 2.04. The molecule has 1 heterocycles. The van der Waals surface area contributed by atoms with E-state index in [2.05, 4.69) is 10.6 Å². The van der Waals surface area contributed by atoms with Crippen LogP contribution in [0.3, 0.4) is 0 Å². The van der Waals surface area contributed by atoms with Crippen LogP contribution >= 0.6 is 11.3 Å². The number of thiophene rings is 1. The van der Waals surface area contributed by atoms with Crippen molar-refractivity contribution in [2.24, 2.45) is 0 Å². The molecule has 1 aromatic rings. The smallest absolute Gasteiger partial charge is 0.331 e. The zero-order valence-electron chi connectivity index (χ0n) is 10.0. The van der Waals surface area contributed by atoms with Crippen molar-refractivity contribution in [2.75, 3.05) is 19.8 Å². The third-order valence-electron chi connectivity index (χ3n) is 2.09. The van der Waals surface area contributed by atoms with Crippen LogP contribution in [0.5, 0.6) is 0 Å². The second kappa shape index (κ2) is 7.67. The van der Waals surface area contributed by atoms with Crippen molar-refractivity contribution in [3.8, 4) is 0 Å². The van der Waals surface area contributed by atoms with Crippen LogP contribution in [-0.2, 0) is 9.53 Å². The van der Waals surface area contributed by atoms with Crippen molar-refractivity contribution in [3.05, 3.63) is 22.4 Å². The Balaban J connectivity index is 2.42. The number of ether oxygens (including phenoxy) is 1. The number of carbonyl (C=O) groups is 2. The monoisotopic (exact) mass is 272 g/mol. The first-order chi connectivity index (χ1) is 8.65. The van der Waals surface area contributed by atoms with Gasteiger partial charge >= 0.3 is 12.0 Å². The Morgan fingerprint density at radius 3 is 2.89 bits per heavy atom. The molecule has 1 atom stereocenters. The van der Waals surface area contributed by atoms with Gasteiger partial charge in [0.1, 0.15) is 0 Å². The number of amides is 2. The first-order valence-electron chi connectivity index (χ1n) is 5.53. The summed E-state index contributed by atoms with van der Waals surface area (Å²) >= 11 is 1.29. The van der Waals surface area contributed by atoms with E-state index >= 15 is 0 Å². The summed E-state index contributed by atoms with van der Waals surface area (Å²) in [6.45, 7) is 3.19. The number of hydrogen-bond acceptors (Lipinski definition) is 4. The summed E-state index contributed by atoms with van der Waals surface area (Å²) in [5, 5.41) is 15.7. The Hall–Kier alpha value is -1.60. The molecule has 1 aromatic heterocycles. The number of aliphatic carboxylic acids is 1. The van der Waals surface area contributed by atoms with E-state index < -0.39 is 18.0 Å². The van der Waals surface area contributed by atoms with E-state index in [1.807, 2.05) is 6.92 Å². The highest BCUT2D eigenvalue weighted by Gasteiger charge is 2.22. The van der Waals surface area contributed by atoms with Crippen molar-refractivity contribution < 1.29 is 19.4 Å². The number of carbonyl (C=O) groups excluding carboxylic acids is 1. The second-order valence-corrected chi connectivity index (χ2v) is 4.36. The van der Waals surface area contributed by atoms with Gasteiger partial charge in [0, 0.05) is 18.0 Å². The SMILES string of the molecule is CCOCCNC(=O)NC(C(=O)O)c1cccs1. The van der Waals surface area contributed by atoms with E-state index in [9.17, 15) is 9.59 Å². The van der Waals surface area contributed by atoms with Crippen LogP contribution in [0.4, 0.5) is 4.79 Å². The topological polar surface area (TPSA) is 87.7 Å². The van der Waals surface area contributed by atoms with Gasteiger partial charge in [-0.1, -0.05) is 6.07 Å². The van der Waals surface area contributed by atoms with E-state index in [1.165, 1.54) is 11.3 Å². The largest absolute Gasteiger partial charge is 0.479 e. The molecule has 0 aliphatic heterocycles. The summed E-state index contributed by atoms with van der Waals surface area (Å²) in [4.78, 5) is 23.1. The predicted octanol–water partition coefficient (Wildman–Crippen LogP) is 1.21. The Morgan fingerprint density at radius 1 is 1.56 bits per heavy atom. The summed E-state index contributed by atoms with van der Waals surface area (Å²) in [6, 6.07) is 1.88. The Morgan fingerprint density at radius 2 is 2.33 bits per heavy atom. The molecule has 2 amide bonds. The molecule has 7 heteroatoms. The number of rotatable bonds is 7. The summed E-state index contributed by atoms with van der Waals surface area (Å²) in [6.07, 6.45) is 0. The summed E-state index contributed by atoms with van der Waals surface area (Å²) in [5.74, 6) is -1.09. The van der Waals surface area contributed by atoms with Gasteiger partial charge in [0.15, 0.2) is 6.04 Å². The van der Waals surface area contributed by atoms with Crippen LogP contribution in [0, 0.1) is 0 Å². The Labute approximate surface area is 109 Å². The highest BCUT2D eigenvalue weighted by Crippen LogP contribution is 2.18. The number of urea groups is 1. The standard InChI is InChI=1S/C11H16N2O4S/c1-2-17-6-5-12-11(16)13-9(10(14)15)8-4-3-7-18-8/h3-4,7,9H,2,5-6H2,1H3,(H,14,15)(H2,12,13,16). The molecule has 0 spiro atoms. The van der Waals surface area contributed by atoms with Gasteiger partial charge in [0.25, 0.3) is 0 Å². The summed E-state index contributed by atoms with van der Waals surface area (Å²) in [5.41, 5.74) is 0. The van der Waals surface area contributed by atoms with Crippen LogP contribution in [0.25, 0.3) is 0 Å². The molecular weight excluding hydrogens is 256 g/mol. The fourth-order valence-electron chi connectivity index (χ4n) is 1.27. The van der Waals surface area contributed by atoms with Gasteiger partial charge in [-0.25, -0.2) is 9.59 Å². The van der Waals surface area contributed by atoms with Gasteiger partial charge in [-0.15, -0.1) is 11.3 Å². The van der Waals surface area contributed by atoms with Crippen LogP contribution in [0.15, 0.2) is 17.5 Å². The minimum atomic E-state index is -1.09.